The van der Waals surface area contributed by atoms with Crippen molar-refractivity contribution < 1.29 is 19.1 Å². The van der Waals surface area contributed by atoms with Crippen LogP contribution < -0.4 is 15.0 Å². The van der Waals surface area contributed by atoms with Gasteiger partial charge in [0.25, 0.3) is 5.91 Å². The van der Waals surface area contributed by atoms with Crippen LogP contribution in [0.15, 0.2) is 66.7 Å². The summed E-state index contributed by atoms with van der Waals surface area (Å²) in [6.45, 7) is 2.39. The lowest BCUT2D eigenvalue weighted by molar-refractivity contribution is -0.120. The topological polar surface area (TPSA) is 67.9 Å². The fourth-order valence-corrected chi connectivity index (χ4v) is 2.95. The molecule has 0 aromatic heterocycles. The molecule has 28 heavy (non-hydrogen) atoms. The lowest BCUT2D eigenvalue weighted by Crippen LogP contribution is -2.34. The normalized spacial score (nSPS) is 10.4. The van der Waals surface area contributed by atoms with Crippen LogP contribution in [0.5, 0.6) is 5.75 Å². The second-order valence-electron chi connectivity index (χ2n) is 6.07. The van der Waals surface area contributed by atoms with E-state index in [2.05, 4.69) is 10.1 Å². The number of carbonyl (C=O) groups is 2. The number of ether oxygens (including phenoxy) is 2. The van der Waals surface area contributed by atoms with Crippen LogP contribution in [-0.2, 0) is 9.53 Å². The van der Waals surface area contributed by atoms with Crippen molar-refractivity contribution in [1.82, 2.24) is 0 Å². The molecule has 3 rings (SSSR count). The Morgan fingerprint density at radius 3 is 2.39 bits per heavy atom. The second-order valence-corrected chi connectivity index (χ2v) is 6.07. The van der Waals surface area contributed by atoms with E-state index in [-0.39, 0.29) is 12.5 Å². The average molecular weight is 378 g/mol. The minimum absolute atomic E-state index is 0.0825. The van der Waals surface area contributed by atoms with Crippen molar-refractivity contribution >= 4 is 34.1 Å². The highest BCUT2D eigenvalue weighted by Gasteiger charge is 2.16. The van der Waals surface area contributed by atoms with Gasteiger partial charge in [-0.1, -0.05) is 36.4 Å². The van der Waals surface area contributed by atoms with Crippen LogP contribution in [0.2, 0.25) is 0 Å². The van der Waals surface area contributed by atoms with Crippen LogP contribution in [0.25, 0.3) is 10.8 Å². The minimum atomic E-state index is -0.544. The second kappa shape index (κ2) is 8.90. The highest BCUT2D eigenvalue weighted by atomic mass is 16.5. The molecule has 6 nitrogen and oxygen atoms in total. The van der Waals surface area contributed by atoms with E-state index >= 15 is 0 Å². The van der Waals surface area contributed by atoms with Crippen LogP contribution in [-0.4, -0.2) is 32.3 Å². The van der Waals surface area contributed by atoms with Gasteiger partial charge in [0.15, 0.2) is 6.61 Å². The molecule has 0 radical (unpaired) electrons. The maximum Gasteiger partial charge on any atom is 0.411 e. The minimum Gasteiger partial charge on any atom is -0.484 e. The predicted octanol–water partition coefficient (Wildman–Crippen LogP) is 4.45. The third-order valence-electron chi connectivity index (χ3n) is 4.32. The average Bonchev–Trinajstić information content (AvgIpc) is 2.74. The van der Waals surface area contributed by atoms with E-state index in [4.69, 9.17) is 4.74 Å². The smallest absolute Gasteiger partial charge is 0.411 e. The summed E-state index contributed by atoms with van der Waals surface area (Å²) in [7, 11) is 1.30. The molecule has 0 fully saturated rings. The number of hydrogen-bond acceptors (Lipinski definition) is 4. The summed E-state index contributed by atoms with van der Waals surface area (Å²) in [6, 6.07) is 20.6. The predicted molar refractivity (Wildman–Crippen MR) is 110 cm³/mol. The lowest BCUT2D eigenvalue weighted by Gasteiger charge is -2.23. The molecule has 0 atom stereocenters. The summed E-state index contributed by atoms with van der Waals surface area (Å²) in [5, 5.41) is 4.67. The van der Waals surface area contributed by atoms with Gasteiger partial charge in [0.1, 0.15) is 5.75 Å². The number of methoxy groups -OCH3 is 1. The van der Waals surface area contributed by atoms with Crippen LogP contribution in [0.1, 0.15) is 6.92 Å². The van der Waals surface area contributed by atoms with Crippen LogP contribution in [0, 0.1) is 0 Å². The monoisotopic (exact) mass is 378 g/mol. The summed E-state index contributed by atoms with van der Waals surface area (Å²) in [5.74, 6) is 0.411. The summed E-state index contributed by atoms with van der Waals surface area (Å²) < 4.78 is 10.2. The van der Waals surface area contributed by atoms with E-state index in [1.165, 1.54) is 7.11 Å². The number of benzene rings is 3. The Hall–Kier alpha value is -3.54. The van der Waals surface area contributed by atoms with Crippen molar-refractivity contribution in [2.75, 3.05) is 30.5 Å². The first-order valence-electron chi connectivity index (χ1n) is 8.98. The van der Waals surface area contributed by atoms with E-state index in [9.17, 15) is 9.59 Å². The Morgan fingerprint density at radius 2 is 1.68 bits per heavy atom. The van der Waals surface area contributed by atoms with Crippen molar-refractivity contribution in [2.24, 2.45) is 0 Å². The number of anilines is 2. The zero-order valence-electron chi connectivity index (χ0n) is 15.8. The van der Waals surface area contributed by atoms with Gasteiger partial charge in [-0.05, 0) is 42.6 Å². The summed E-state index contributed by atoms with van der Waals surface area (Å²) in [4.78, 5) is 25.7. The molecule has 0 spiro atoms. The molecule has 0 unspecified atom stereocenters. The summed E-state index contributed by atoms with van der Waals surface area (Å²) in [6.07, 6.45) is -0.544. The molecule has 144 valence electrons. The first-order valence-corrected chi connectivity index (χ1v) is 8.98. The van der Waals surface area contributed by atoms with E-state index in [0.29, 0.717) is 18.0 Å². The van der Waals surface area contributed by atoms with Crippen molar-refractivity contribution in [2.45, 2.75) is 6.92 Å². The molecule has 0 bridgehead atoms. The van der Waals surface area contributed by atoms with Gasteiger partial charge in [-0.15, -0.1) is 0 Å². The number of carbonyl (C=O) groups excluding carboxylic acids is 2. The summed E-state index contributed by atoms with van der Waals surface area (Å²) in [5.41, 5.74) is 1.45. The lowest BCUT2D eigenvalue weighted by atomic mass is 10.1. The molecule has 0 heterocycles. The van der Waals surface area contributed by atoms with Crippen molar-refractivity contribution in [1.29, 1.82) is 0 Å². The Labute approximate surface area is 163 Å². The molecule has 2 amide bonds. The van der Waals surface area contributed by atoms with Gasteiger partial charge in [-0.3, -0.25) is 10.1 Å². The molecule has 6 heteroatoms. The Bertz CT molecular complexity index is 964. The van der Waals surface area contributed by atoms with Crippen molar-refractivity contribution in [3.8, 4) is 5.75 Å². The van der Waals surface area contributed by atoms with Crippen molar-refractivity contribution in [3.05, 3.63) is 66.7 Å². The van der Waals surface area contributed by atoms with Gasteiger partial charge in [0.05, 0.1) is 12.8 Å². The van der Waals surface area contributed by atoms with Gasteiger partial charge in [-0.25, -0.2) is 4.79 Å². The molecule has 0 saturated carbocycles. The summed E-state index contributed by atoms with van der Waals surface area (Å²) >= 11 is 0. The Morgan fingerprint density at radius 1 is 0.964 bits per heavy atom. The fourth-order valence-electron chi connectivity index (χ4n) is 2.95. The zero-order valence-corrected chi connectivity index (χ0v) is 15.8. The fraction of sp³-hybridized carbons (Fsp3) is 0.182. The van der Waals surface area contributed by atoms with Gasteiger partial charge >= 0.3 is 6.09 Å². The molecule has 0 aliphatic heterocycles. The first-order chi connectivity index (χ1) is 13.6. The van der Waals surface area contributed by atoms with E-state index in [1.807, 2.05) is 49.4 Å². The number of likely N-dealkylation sites (N-methyl/N-ethyl adjacent to an activating group) is 1. The number of fused-ring (bicyclic) bond motifs is 1. The van der Waals surface area contributed by atoms with Crippen molar-refractivity contribution in [3.63, 3.8) is 0 Å². The Kier molecular flexibility index (Phi) is 6.11. The number of nitrogens with zero attached hydrogens (tertiary/aromatic N) is 1. The number of nitrogens with one attached hydrogen (secondary N) is 1. The highest BCUT2D eigenvalue weighted by Crippen LogP contribution is 2.27. The molecule has 0 aliphatic rings. The molecule has 0 saturated heterocycles. The maximum atomic E-state index is 12.8. The molecule has 3 aromatic rings. The quantitative estimate of drug-likeness (QED) is 0.688. The molecular formula is C22H22N2O4. The molecular weight excluding hydrogens is 356 g/mol. The maximum absolute atomic E-state index is 12.8. The van der Waals surface area contributed by atoms with Crippen LogP contribution in [0.3, 0.4) is 0 Å². The standard InChI is InChI=1S/C22H22N2O4/c1-3-24(20-10-6-8-16-7-4-5-9-19(16)20)21(25)15-28-18-13-11-17(12-14-18)23-22(26)27-2/h4-14H,3,15H2,1-2H3,(H,23,26). The van der Waals surface area contributed by atoms with E-state index in [1.54, 1.807) is 29.2 Å². The molecule has 1 N–H and O–H groups in total. The number of rotatable bonds is 6. The largest absolute Gasteiger partial charge is 0.484 e. The van der Waals surface area contributed by atoms with Crippen LogP contribution >= 0.6 is 0 Å². The number of amides is 2. The van der Waals surface area contributed by atoms with Gasteiger partial charge in [-0.2, -0.15) is 0 Å². The number of hydrogen-bond donors (Lipinski definition) is 1. The zero-order chi connectivity index (χ0) is 19.9. The highest BCUT2D eigenvalue weighted by molar-refractivity contribution is 6.04. The third kappa shape index (κ3) is 4.40. The third-order valence-corrected chi connectivity index (χ3v) is 4.32. The van der Waals surface area contributed by atoms with Gasteiger partial charge < -0.3 is 14.4 Å². The molecule has 0 aliphatic carbocycles. The SMILES string of the molecule is CCN(C(=O)COc1ccc(NC(=O)OC)cc1)c1cccc2ccccc12. The van der Waals surface area contributed by atoms with E-state index in [0.717, 1.165) is 16.5 Å². The van der Waals surface area contributed by atoms with E-state index < -0.39 is 6.09 Å². The van der Waals surface area contributed by atoms with Gasteiger partial charge in [0, 0.05) is 17.6 Å². The Balaban J connectivity index is 1.68. The molecule has 3 aromatic carbocycles. The first kappa shape index (κ1) is 19.2. The van der Waals surface area contributed by atoms with Gasteiger partial charge in [0.2, 0.25) is 0 Å². The van der Waals surface area contributed by atoms with Crippen LogP contribution in [0.4, 0.5) is 16.2 Å².